The molecule has 2 aliphatic rings. The van der Waals surface area contributed by atoms with Gasteiger partial charge >= 0.3 is 6.09 Å². The van der Waals surface area contributed by atoms with Gasteiger partial charge in [-0.3, -0.25) is 4.90 Å². The second-order valence-corrected chi connectivity index (χ2v) is 7.14. The molecule has 2 saturated heterocycles. The predicted octanol–water partition coefficient (Wildman–Crippen LogP) is 3.95. The van der Waals surface area contributed by atoms with Crippen molar-refractivity contribution in [1.29, 1.82) is 0 Å². The molecule has 8 heteroatoms. The summed E-state index contributed by atoms with van der Waals surface area (Å²) in [5.74, 6) is 0. The van der Waals surface area contributed by atoms with Gasteiger partial charge in [0.2, 0.25) is 0 Å². The summed E-state index contributed by atoms with van der Waals surface area (Å²) in [7, 11) is 1.64. The zero-order valence-corrected chi connectivity index (χ0v) is 18.3. The van der Waals surface area contributed by atoms with Crippen molar-refractivity contribution in [2.24, 2.45) is 0 Å². The summed E-state index contributed by atoms with van der Waals surface area (Å²) in [6.07, 6.45) is 4.04. The average molecular weight is 441 g/mol. The molecule has 0 spiro atoms. The molecule has 1 aromatic carbocycles. The molecule has 0 aromatic heterocycles. The molecule has 0 atom stereocenters. The molecule has 1 aromatic rings. The Bertz CT molecular complexity index is 548. The quantitative estimate of drug-likeness (QED) is 0.753. The maximum atomic E-state index is 10.9. The van der Waals surface area contributed by atoms with Crippen molar-refractivity contribution in [3.8, 4) is 0 Å². The third kappa shape index (κ3) is 6.13. The van der Waals surface area contributed by atoms with E-state index in [0.717, 1.165) is 32.5 Å². The van der Waals surface area contributed by atoms with Crippen LogP contribution in [-0.2, 0) is 5.54 Å². The van der Waals surface area contributed by atoms with Crippen LogP contribution in [0.15, 0.2) is 30.3 Å². The number of nitrogens with zero attached hydrogens (tertiary/aromatic N) is 3. The van der Waals surface area contributed by atoms with E-state index in [9.17, 15) is 4.79 Å². The number of hydrogen-bond acceptors (Lipinski definition) is 3. The van der Waals surface area contributed by atoms with E-state index >= 15 is 0 Å². The fourth-order valence-electron chi connectivity index (χ4n) is 4.21. The van der Waals surface area contributed by atoms with Crippen molar-refractivity contribution in [2.45, 2.75) is 31.2 Å². The molecule has 2 heterocycles. The Hall–Kier alpha value is -0.720. The molecule has 1 N–H and O–H groups in total. The lowest BCUT2D eigenvalue weighted by molar-refractivity contribution is 0.0319. The zero-order chi connectivity index (χ0) is 17.0. The predicted molar refractivity (Wildman–Crippen MR) is 117 cm³/mol. The average Bonchev–Trinajstić information content (AvgIpc) is 3.16. The standard InChI is InChI=1S/C19H29N3O2.3ClH/c1-20(18(23)24)15-16-21-13-9-19(10-14-21,22-11-5-6-12-22)17-7-3-2-4-8-17;;;/h2-4,7-8H,5-6,9-16H2,1H3,(H,23,24);3*1H. The number of likely N-dealkylation sites (tertiary alicyclic amines) is 2. The zero-order valence-electron chi connectivity index (χ0n) is 15.9. The van der Waals surface area contributed by atoms with Crippen LogP contribution in [0.25, 0.3) is 0 Å². The van der Waals surface area contributed by atoms with Gasteiger partial charge in [-0.2, -0.15) is 0 Å². The largest absolute Gasteiger partial charge is 0.465 e. The molecule has 5 nitrogen and oxygen atoms in total. The first-order valence-electron chi connectivity index (χ1n) is 9.09. The first-order chi connectivity index (χ1) is 11.6. The van der Waals surface area contributed by atoms with Gasteiger partial charge in [0, 0.05) is 38.8 Å². The molecule has 0 unspecified atom stereocenters. The number of piperidine rings is 1. The van der Waals surface area contributed by atoms with Gasteiger partial charge in [-0.05, 0) is 44.3 Å². The van der Waals surface area contributed by atoms with Crippen LogP contribution in [0.2, 0.25) is 0 Å². The normalized spacial score (nSPS) is 19.3. The summed E-state index contributed by atoms with van der Waals surface area (Å²) in [5, 5.41) is 8.99. The van der Waals surface area contributed by atoms with Gasteiger partial charge in [-0.1, -0.05) is 30.3 Å². The van der Waals surface area contributed by atoms with E-state index in [-0.39, 0.29) is 42.8 Å². The lowest BCUT2D eigenvalue weighted by Crippen LogP contribution is -2.53. The minimum atomic E-state index is -0.845. The number of carbonyl (C=O) groups is 1. The van der Waals surface area contributed by atoms with Crippen LogP contribution in [-0.4, -0.2) is 72.2 Å². The highest BCUT2D eigenvalue weighted by Gasteiger charge is 2.41. The lowest BCUT2D eigenvalue weighted by atomic mass is 9.79. The van der Waals surface area contributed by atoms with Gasteiger partial charge < -0.3 is 14.9 Å². The van der Waals surface area contributed by atoms with Crippen LogP contribution in [0.1, 0.15) is 31.2 Å². The third-order valence-corrected chi connectivity index (χ3v) is 5.78. The summed E-state index contributed by atoms with van der Waals surface area (Å²) in [5.41, 5.74) is 1.63. The summed E-state index contributed by atoms with van der Waals surface area (Å²) in [6, 6.07) is 11.0. The van der Waals surface area contributed by atoms with Crippen LogP contribution >= 0.6 is 37.2 Å². The Kier molecular flexibility index (Phi) is 11.7. The van der Waals surface area contributed by atoms with Gasteiger partial charge in [0.05, 0.1) is 0 Å². The maximum Gasteiger partial charge on any atom is 0.407 e. The Labute approximate surface area is 181 Å². The maximum absolute atomic E-state index is 10.9. The molecule has 0 saturated carbocycles. The minimum Gasteiger partial charge on any atom is -0.465 e. The molecule has 1 amide bonds. The molecule has 0 bridgehead atoms. The highest BCUT2D eigenvalue weighted by atomic mass is 35.5. The second kappa shape index (κ2) is 12.0. The Balaban J connectivity index is 0.00000225. The summed E-state index contributed by atoms with van der Waals surface area (Å²) in [4.78, 5) is 17.4. The first-order valence-corrected chi connectivity index (χ1v) is 9.09. The van der Waals surface area contributed by atoms with Gasteiger partial charge in [0.15, 0.2) is 0 Å². The smallest absolute Gasteiger partial charge is 0.407 e. The van der Waals surface area contributed by atoms with E-state index in [1.165, 1.54) is 36.4 Å². The van der Waals surface area contributed by atoms with Gasteiger partial charge in [0.1, 0.15) is 0 Å². The van der Waals surface area contributed by atoms with E-state index in [0.29, 0.717) is 6.54 Å². The number of amides is 1. The number of halogens is 3. The monoisotopic (exact) mass is 439 g/mol. The van der Waals surface area contributed by atoms with E-state index in [2.05, 4.69) is 40.1 Å². The molecule has 3 rings (SSSR count). The molecule has 2 aliphatic heterocycles. The van der Waals surface area contributed by atoms with Crippen LogP contribution < -0.4 is 0 Å². The number of rotatable bonds is 5. The number of carboxylic acid groups (broad SMARTS) is 1. The van der Waals surface area contributed by atoms with Crippen LogP contribution in [0.3, 0.4) is 0 Å². The third-order valence-electron chi connectivity index (χ3n) is 5.78. The minimum absolute atomic E-state index is 0. The highest BCUT2D eigenvalue weighted by Crippen LogP contribution is 2.40. The van der Waals surface area contributed by atoms with Gasteiger partial charge in [0.25, 0.3) is 0 Å². The SMILES string of the molecule is CN(CCN1CCC(c2ccccc2)(N2CCCC2)CC1)C(=O)O.Cl.Cl.Cl. The van der Waals surface area contributed by atoms with Crippen molar-refractivity contribution in [3.05, 3.63) is 35.9 Å². The summed E-state index contributed by atoms with van der Waals surface area (Å²) in [6.45, 7) is 5.90. The van der Waals surface area contributed by atoms with E-state index in [1.807, 2.05) is 0 Å². The Morgan fingerprint density at radius 1 is 1.04 bits per heavy atom. The molecular formula is C19H32Cl3N3O2. The van der Waals surface area contributed by atoms with Crippen molar-refractivity contribution >= 4 is 43.3 Å². The molecule has 156 valence electrons. The molecule has 0 radical (unpaired) electrons. The fraction of sp³-hybridized carbons (Fsp3) is 0.632. The molecular weight excluding hydrogens is 409 g/mol. The molecule has 0 aliphatic carbocycles. The number of benzene rings is 1. The Morgan fingerprint density at radius 3 is 2.11 bits per heavy atom. The van der Waals surface area contributed by atoms with Gasteiger partial charge in [-0.25, -0.2) is 4.79 Å². The number of hydrogen-bond donors (Lipinski definition) is 1. The first kappa shape index (κ1) is 26.3. The van der Waals surface area contributed by atoms with Crippen LogP contribution in [0, 0.1) is 0 Å². The lowest BCUT2D eigenvalue weighted by Gasteiger charge is -2.48. The second-order valence-electron chi connectivity index (χ2n) is 7.14. The van der Waals surface area contributed by atoms with Crippen molar-refractivity contribution < 1.29 is 9.90 Å². The number of likely N-dealkylation sites (N-methyl/N-ethyl adjacent to an activating group) is 1. The van der Waals surface area contributed by atoms with E-state index in [1.54, 1.807) is 7.05 Å². The Morgan fingerprint density at radius 2 is 1.59 bits per heavy atom. The van der Waals surface area contributed by atoms with Crippen LogP contribution in [0.4, 0.5) is 4.79 Å². The van der Waals surface area contributed by atoms with Gasteiger partial charge in [-0.15, -0.1) is 37.2 Å². The van der Waals surface area contributed by atoms with Crippen molar-refractivity contribution in [2.75, 3.05) is 46.3 Å². The fourth-order valence-corrected chi connectivity index (χ4v) is 4.21. The topological polar surface area (TPSA) is 47.0 Å². The van der Waals surface area contributed by atoms with Crippen LogP contribution in [0.5, 0.6) is 0 Å². The molecule has 27 heavy (non-hydrogen) atoms. The van der Waals surface area contributed by atoms with Crippen molar-refractivity contribution in [3.63, 3.8) is 0 Å². The van der Waals surface area contributed by atoms with E-state index in [4.69, 9.17) is 5.11 Å². The van der Waals surface area contributed by atoms with E-state index < -0.39 is 6.09 Å². The summed E-state index contributed by atoms with van der Waals surface area (Å²) >= 11 is 0. The molecule has 2 fully saturated rings. The van der Waals surface area contributed by atoms with Crippen molar-refractivity contribution in [1.82, 2.24) is 14.7 Å². The summed E-state index contributed by atoms with van der Waals surface area (Å²) < 4.78 is 0. The highest BCUT2D eigenvalue weighted by molar-refractivity contribution is 5.86.